The van der Waals surface area contributed by atoms with Crippen LogP contribution in [0.3, 0.4) is 0 Å². The number of amides is 2. The fraction of sp³-hybridized carbons (Fsp3) is 0.478. The quantitative estimate of drug-likeness (QED) is 0.666. The molecule has 2 aromatic heterocycles. The van der Waals surface area contributed by atoms with Crippen molar-refractivity contribution in [3.63, 3.8) is 0 Å². The van der Waals surface area contributed by atoms with Crippen LogP contribution >= 0.6 is 11.6 Å². The van der Waals surface area contributed by atoms with Crippen LogP contribution in [0.2, 0.25) is 0 Å². The first-order chi connectivity index (χ1) is 15.8. The van der Waals surface area contributed by atoms with E-state index < -0.39 is 0 Å². The Morgan fingerprint density at radius 2 is 2.09 bits per heavy atom. The number of nitrogens with zero attached hydrogens (tertiary/aromatic N) is 6. The van der Waals surface area contributed by atoms with Crippen molar-refractivity contribution in [2.75, 3.05) is 23.8 Å². The second kappa shape index (κ2) is 8.13. The van der Waals surface area contributed by atoms with Crippen molar-refractivity contribution in [1.29, 1.82) is 0 Å². The third kappa shape index (κ3) is 4.10. The molecule has 2 amide bonds. The van der Waals surface area contributed by atoms with Gasteiger partial charge in [-0.3, -0.25) is 4.90 Å². The van der Waals surface area contributed by atoms with Crippen LogP contribution in [0.4, 0.5) is 21.0 Å². The molecule has 3 aliphatic rings. The van der Waals surface area contributed by atoms with Crippen molar-refractivity contribution in [3.8, 4) is 0 Å². The summed E-state index contributed by atoms with van der Waals surface area (Å²) < 4.78 is 15.7. The van der Waals surface area contributed by atoms with E-state index in [1.54, 1.807) is 28.4 Å². The number of urea groups is 1. The molecule has 174 valence electrons. The van der Waals surface area contributed by atoms with Crippen LogP contribution in [-0.4, -0.2) is 50.1 Å². The first-order valence-corrected chi connectivity index (χ1v) is 11.6. The zero-order chi connectivity index (χ0) is 23.3. The van der Waals surface area contributed by atoms with E-state index in [0.29, 0.717) is 29.3 Å². The largest absolute Gasteiger partial charge is 0.343 e. The number of carbonyl (C=O) groups excluding carboxylic acids is 1. The maximum atomic E-state index is 13.8. The molecule has 1 aliphatic heterocycles. The van der Waals surface area contributed by atoms with E-state index in [2.05, 4.69) is 34.1 Å². The first-order valence-electron chi connectivity index (χ1n) is 11.2. The first kappa shape index (κ1) is 21.9. The monoisotopic (exact) mass is 471 g/mol. The number of carbonyl (C=O) groups is 1. The predicted molar refractivity (Wildman–Crippen MR) is 125 cm³/mol. The smallest absolute Gasteiger partial charge is 0.325 e. The van der Waals surface area contributed by atoms with Crippen LogP contribution in [0.25, 0.3) is 0 Å². The van der Waals surface area contributed by atoms with Gasteiger partial charge in [-0.05, 0) is 37.0 Å². The standard InChI is InChI=1S/C23H27ClFN7O/c1-14(2)18-11-30(3)22(33)32(18)20-4-7-26-21(28-20)29-23(5-6-23)19-12-31(13-27-19)17-9-15(24)8-16(25)10-17/h4,7-9,12-14,17-18H,5-6,10-11H2,1-3H3,(H,26,28,29)/t17?,18-/m1/s1. The van der Waals surface area contributed by atoms with Crippen LogP contribution in [0.15, 0.2) is 47.8 Å². The molecule has 2 atom stereocenters. The molecule has 1 unspecified atom stereocenters. The molecule has 10 heteroatoms. The highest BCUT2D eigenvalue weighted by atomic mass is 35.5. The highest BCUT2D eigenvalue weighted by Crippen LogP contribution is 2.47. The molecule has 1 N–H and O–H groups in total. The fourth-order valence-corrected chi connectivity index (χ4v) is 4.79. The number of aromatic nitrogens is 4. The highest BCUT2D eigenvalue weighted by Gasteiger charge is 2.47. The number of nitrogens with one attached hydrogen (secondary N) is 1. The average Bonchev–Trinajstić information content (AvgIpc) is 3.23. The van der Waals surface area contributed by atoms with Crippen LogP contribution in [0.1, 0.15) is 44.8 Å². The summed E-state index contributed by atoms with van der Waals surface area (Å²) in [6, 6.07) is 1.57. The van der Waals surface area contributed by atoms with Crippen molar-refractivity contribution in [2.24, 2.45) is 5.92 Å². The summed E-state index contributed by atoms with van der Waals surface area (Å²) in [5.41, 5.74) is 0.483. The molecule has 1 saturated carbocycles. The van der Waals surface area contributed by atoms with E-state index in [4.69, 9.17) is 11.6 Å². The van der Waals surface area contributed by atoms with Gasteiger partial charge in [0, 0.05) is 37.4 Å². The molecule has 33 heavy (non-hydrogen) atoms. The number of hydrogen-bond donors (Lipinski definition) is 1. The van der Waals surface area contributed by atoms with E-state index in [1.807, 2.05) is 23.9 Å². The number of anilines is 2. The lowest BCUT2D eigenvalue weighted by atomic mass is 10.0. The molecule has 2 aliphatic carbocycles. The minimum atomic E-state index is -0.371. The summed E-state index contributed by atoms with van der Waals surface area (Å²) >= 11 is 6.04. The Kier molecular flexibility index (Phi) is 5.39. The molecule has 0 aromatic carbocycles. The Balaban J connectivity index is 1.36. The van der Waals surface area contributed by atoms with Crippen LogP contribution in [0, 0.1) is 5.92 Å². The van der Waals surface area contributed by atoms with Gasteiger partial charge in [-0.25, -0.2) is 19.2 Å². The topological polar surface area (TPSA) is 79.2 Å². The van der Waals surface area contributed by atoms with Gasteiger partial charge >= 0.3 is 6.03 Å². The number of hydrogen-bond acceptors (Lipinski definition) is 5. The van der Waals surface area contributed by atoms with E-state index in [1.165, 1.54) is 6.08 Å². The molecule has 0 bridgehead atoms. The summed E-state index contributed by atoms with van der Waals surface area (Å²) in [5.74, 6) is 1.10. The number of imidazole rings is 1. The van der Waals surface area contributed by atoms with Gasteiger partial charge in [0.1, 0.15) is 11.6 Å². The molecule has 5 rings (SSSR count). The van der Waals surface area contributed by atoms with Gasteiger partial charge in [0.15, 0.2) is 0 Å². The Bertz CT molecular complexity index is 1140. The van der Waals surface area contributed by atoms with Gasteiger partial charge in [0.2, 0.25) is 5.95 Å². The zero-order valence-electron chi connectivity index (χ0n) is 18.9. The fourth-order valence-electron chi connectivity index (χ4n) is 4.53. The number of likely N-dealkylation sites (N-methyl/N-ethyl adjacent to an activating group) is 1. The Hall–Kier alpha value is -2.94. The summed E-state index contributed by atoms with van der Waals surface area (Å²) in [4.78, 5) is 29.9. The van der Waals surface area contributed by atoms with Gasteiger partial charge in [0.25, 0.3) is 0 Å². The average molecular weight is 472 g/mol. The third-order valence-corrected chi connectivity index (χ3v) is 6.84. The molecule has 1 saturated heterocycles. The lowest BCUT2D eigenvalue weighted by molar-refractivity contribution is 0.229. The third-order valence-electron chi connectivity index (χ3n) is 6.61. The lowest BCUT2D eigenvalue weighted by Gasteiger charge is -2.25. The Morgan fingerprint density at radius 3 is 2.79 bits per heavy atom. The highest BCUT2D eigenvalue weighted by molar-refractivity contribution is 6.31. The second-order valence-corrected chi connectivity index (χ2v) is 9.85. The Labute approximate surface area is 197 Å². The number of allylic oxidation sites excluding steroid dienone is 4. The van der Waals surface area contributed by atoms with Crippen LogP contribution in [-0.2, 0) is 5.54 Å². The number of rotatable bonds is 6. The van der Waals surface area contributed by atoms with Gasteiger partial charge in [-0.1, -0.05) is 25.4 Å². The molecule has 8 nitrogen and oxygen atoms in total. The molecule has 3 heterocycles. The summed E-state index contributed by atoms with van der Waals surface area (Å²) in [5, 5.41) is 3.83. The van der Waals surface area contributed by atoms with Crippen LogP contribution in [0.5, 0.6) is 0 Å². The maximum Gasteiger partial charge on any atom is 0.325 e. The SMILES string of the molecule is CC(C)[C@H]1CN(C)C(=O)N1c1ccnc(NC2(c3cn(C4C=C(Cl)C=C(F)C4)cn3)CC2)n1. The summed E-state index contributed by atoms with van der Waals surface area (Å²) in [6.07, 6.45) is 10.5. The predicted octanol–water partition coefficient (Wildman–Crippen LogP) is 4.59. The second-order valence-electron chi connectivity index (χ2n) is 9.41. The molecule has 0 radical (unpaired) electrons. The van der Waals surface area contributed by atoms with Crippen molar-refractivity contribution in [1.82, 2.24) is 24.4 Å². The van der Waals surface area contributed by atoms with E-state index in [-0.39, 0.29) is 35.9 Å². The molecule has 0 spiro atoms. The minimum absolute atomic E-state index is 0.0562. The zero-order valence-corrected chi connectivity index (χ0v) is 19.6. The molecule has 2 fully saturated rings. The van der Waals surface area contributed by atoms with Crippen molar-refractivity contribution in [3.05, 3.63) is 53.5 Å². The van der Waals surface area contributed by atoms with Crippen molar-refractivity contribution >= 4 is 29.4 Å². The van der Waals surface area contributed by atoms with E-state index in [9.17, 15) is 9.18 Å². The molecular formula is C23H27ClFN7O. The van der Waals surface area contributed by atoms with Gasteiger partial charge in [-0.15, -0.1) is 0 Å². The summed E-state index contributed by atoms with van der Waals surface area (Å²) in [7, 11) is 1.81. The molecule has 2 aromatic rings. The number of halogens is 2. The normalized spacial score (nSPS) is 24.2. The van der Waals surface area contributed by atoms with Gasteiger partial charge in [0.05, 0.1) is 29.6 Å². The minimum Gasteiger partial charge on any atom is -0.343 e. The van der Waals surface area contributed by atoms with Crippen LogP contribution < -0.4 is 10.2 Å². The van der Waals surface area contributed by atoms with Crippen molar-refractivity contribution < 1.29 is 9.18 Å². The van der Waals surface area contributed by atoms with Gasteiger partial charge < -0.3 is 14.8 Å². The van der Waals surface area contributed by atoms with Gasteiger partial charge in [-0.2, -0.15) is 4.98 Å². The Morgan fingerprint density at radius 1 is 1.30 bits per heavy atom. The summed E-state index contributed by atoms with van der Waals surface area (Å²) in [6.45, 7) is 4.88. The van der Waals surface area contributed by atoms with Crippen molar-refractivity contribution in [2.45, 2.75) is 50.7 Å². The molecular weight excluding hydrogens is 445 g/mol. The van der Waals surface area contributed by atoms with E-state index in [0.717, 1.165) is 18.5 Å². The lowest BCUT2D eigenvalue weighted by Crippen LogP contribution is -2.38. The van der Waals surface area contributed by atoms with E-state index >= 15 is 0 Å². The maximum absolute atomic E-state index is 13.8.